The molecule has 0 atom stereocenters. The third-order valence-corrected chi connectivity index (χ3v) is 2.71. The maximum Gasteiger partial charge on any atom is 0.256 e. The molecule has 1 amide bonds. The number of nitrogen functional groups attached to an aromatic ring is 1. The minimum atomic E-state index is -0.112. The third kappa shape index (κ3) is 3.45. The number of carbonyl (C=O) groups is 1. The van der Waals surface area contributed by atoms with E-state index >= 15 is 0 Å². The minimum absolute atomic E-state index is 0.0387. The van der Waals surface area contributed by atoms with Crippen LogP contribution in [-0.2, 0) is 0 Å². The number of hydrogen-bond acceptors (Lipinski definition) is 4. The van der Waals surface area contributed by atoms with Crippen molar-refractivity contribution in [2.24, 2.45) is 5.84 Å². The Hall–Kier alpha value is -1.59. The van der Waals surface area contributed by atoms with Crippen molar-refractivity contribution in [3.05, 3.63) is 29.3 Å². The molecule has 18 heavy (non-hydrogen) atoms. The molecule has 100 valence electrons. The SMILES string of the molecule is CCCN(CCO)C(=O)c1ccc(C)cc1NN. The molecule has 4 N–H and O–H groups in total. The molecule has 0 saturated heterocycles. The molecule has 5 heteroatoms. The van der Waals surface area contributed by atoms with Crippen LogP contribution in [0.3, 0.4) is 0 Å². The molecule has 0 saturated carbocycles. The van der Waals surface area contributed by atoms with Crippen LogP contribution in [0.4, 0.5) is 5.69 Å². The molecule has 0 spiro atoms. The van der Waals surface area contributed by atoms with Crippen molar-refractivity contribution in [2.45, 2.75) is 20.3 Å². The lowest BCUT2D eigenvalue weighted by molar-refractivity contribution is 0.0723. The molecule has 0 aliphatic carbocycles. The molecule has 0 bridgehead atoms. The Balaban J connectivity index is 3.00. The number of rotatable bonds is 6. The molecule has 1 rings (SSSR count). The summed E-state index contributed by atoms with van der Waals surface area (Å²) in [5, 5.41) is 9.00. The topological polar surface area (TPSA) is 78.6 Å². The third-order valence-electron chi connectivity index (χ3n) is 2.71. The minimum Gasteiger partial charge on any atom is -0.395 e. The lowest BCUT2D eigenvalue weighted by Gasteiger charge is -2.22. The van der Waals surface area contributed by atoms with Crippen LogP contribution < -0.4 is 11.3 Å². The smallest absolute Gasteiger partial charge is 0.256 e. The van der Waals surface area contributed by atoms with E-state index in [1.54, 1.807) is 11.0 Å². The fraction of sp³-hybridized carbons (Fsp3) is 0.462. The van der Waals surface area contributed by atoms with Gasteiger partial charge in [-0.25, -0.2) is 0 Å². The maximum absolute atomic E-state index is 12.3. The lowest BCUT2D eigenvalue weighted by atomic mass is 10.1. The van der Waals surface area contributed by atoms with E-state index in [1.807, 2.05) is 26.0 Å². The summed E-state index contributed by atoms with van der Waals surface area (Å²) in [5.41, 5.74) is 4.72. The van der Waals surface area contributed by atoms with Crippen LogP contribution in [0.25, 0.3) is 0 Å². The predicted octanol–water partition coefficient (Wildman–Crippen LogP) is 1.13. The number of nitrogens with two attached hydrogens (primary N) is 1. The van der Waals surface area contributed by atoms with E-state index in [0.717, 1.165) is 12.0 Å². The van der Waals surface area contributed by atoms with Crippen LogP contribution in [0.2, 0.25) is 0 Å². The van der Waals surface area contributed by atoms with Gasteiger partial charge in [-0.2, -0.15) is 0 Å². The Kier molecular flexibility index (Phi) is 5.61. The summed E-state index contributed by atoms with van der Waals surface area (Å²) in [7, 11) is 0. The van der Waals surface area contributed by atoms with Gasteiger partial charge in [-0.1, -0.05) is 13.0 Å². The molecule has 0 aliphatic rings. The Morgan fingerprint density at radius 1 is 1.44 bits per heavy atom. The van der Waals surface area contributed by atoms with Crippen LogP contribution in [-0.4, -0.2) is 35.6 Å². The largest absolute Gasteiger partial charge is 0.395 e. The van der Waals surface area contributed by atoms with Crippen molar-refractivity contribution in [3.8, 4) is 0 Å². The van der Waals surface area contributed by atoms with E-state index in [-0.39, 0.29) is 12.5 Å². The lowest BCUT2D eigenvalue weighted by Crippen LogP contribution is -2.34. The van der Waals surface area contributed by atoms with Crippen LogP contribution >= 0.6 is 0 Å². The molecule has 1 aromatic rings. The van der Waals surface area contributed by atoms with Crippen LogP contribution in [0.1, 0.15) is 29.3 Å². The number of hydrazine groups is 1. The zero-order chi connectivity index (χ0) is 13.5. The predicted molar refractivity (Wildman–Crippen MR) is 72.3 cm³/mol. The monoisotopic (exact) mass is 251 g/mol. The van der Waals surface area contributed by atoms with Gasteiger partial charge in [-0.15, -0.1) is 0 Å². The number of carbonyl (C=O) groups excluding carboxylic acids is 1. The Labute approximate surface area is 108 Å². The van der Waals surface area contributed by atoms with Gasteiger partial charge in [0, 0.05) is 13.1 Å². The normalized spacial score (nSPS) is 10.2. The number of aliphatic hydroxyl groups is 1. The number of benzene rings is 1. The van der Waals surface area contributed by atoms with Gasteiger partial charge in [-0.05, 0) is 31.0 Å². The van der Waals surface area contributed by atoms with Gasteiger partial charge in [0.2, 0.25) is 0 Å². The van der Waals surface area contributed by atoms with Crippen molar-refractivity contribution in [1.82, 2.24) is 4.90 Å². The van der Waals surface area contributed by atoms with E-state index < -0.39 is 0 Å². The number of aliphatic hydroxyl groups excluding tert-OH is 1. The van der Waals surface area contributed by atoms with Crippen LogP contribution in [0, 0.1) is 6.92 Å². The number of nitrogens with one attached hydrogen (secondary N) is 1. The molecule has 0 unspecified atom stereocenters. The summed E-state index contributed by atoms with van der Waals surface area (Å²) in [5.74, 6) is 5.32. The van der Waals surface area contributed by atoms with Crippen molar-refractivity contribution in [1.29, 1.82) is 0 Å². The summed E-state index contributed by atoms with van der Waals surface area (Å²) in [6.45, 7) is 4.85. The van der Waals surface area contributed by atoms with E-state index in [9.17, 15) is 4.79 Å². The van der Waals surface area contributed by atoms with Gasteiger partial charge in [0.15, 0.2) is 0 Å². The van der Waals surface area contributed by atoms with Gasteiger partial charge in [0.05, 0.1) is 17.9 Å². The molecule has 0 radical (unpaired) electrons. The van der Waals surface area contributed by atoms with Gasteiger partial charge in [0.1, 0.15) is 0 Å². The van der Waals surface area contributed by atoms with E-state index in [0.29, 0.717) is 24.3 Å². The van der Waals surface area contributed by atoms with Gasteiger partial charge < -0.3 is 15.4 Å². The Bertz CT molecular complexity index is 401. The van der Waals surface area contributed by atoms with Crippen LogP contribution in [0.15, 0.2) is 18.2 Å². The van der Waals surface area contributed by atoms with Gasteiger partial charge >= 0.3 is 0 Å². The first-order valence-electron chi connectivity index (χ1n) is 6.11. The standard InChI is InChI=1S/C13H21N3O2/c1-3-6-16(7-8-17)13(18)11-5-4-10(2)9-12(11)15-14/h4-5,9,15,17H,3,6-8,14H2,1-2H3. The highest BCUT2D eigenvalue weighted by Crippen LogP contribution is 2.18. The van der Waals surface area contributed by atoms with Crippen LogP contribution in [0.5, 0.6) is 0 Å². The maximum atomic E-state index is 12.3. The number of nitrogens with zero attached hydrogens (tertiary/aromatic N) is 1. The number of amides is 1. The second-order valence-electron chi connectivity index (χ2n) is 4.21. The first-order chi connectivity index (χ1) is 8.63. The first kappa shape index (κ1) is 14.5. The van der Waals surface area contributed by atoms with E-state index in [2.05, 4.69) is 5.43 Å². The Morgan fingerprint density at radius 3 is 2.72 bits per heavy atom. The fourth-order valence-electron chi connectivity index (χ4n) is 1.84. The average molecular weight is 251 g/mol. The number of anilines is 1. The number of hydrogen-bond donors (Lipinski definition) is 3. The van der Waals surface area contributed by atoms with Gasteiger partial charge in [0.25, 0.3) is 5.91 Å². The molecule has 0 aliphatic heterocycles. The Morgan fingerprint density at radius 2 is 2.17 bits per heavy atom. The molecule has 0 fully saturated rings. The molecular weight excluding hydrogens is 230 g/mol. The summed E-state index contributed by atoms with van der Waals surface area (Å²) in [6.07, 6.45) is 0.850. The van der Waals surface area contributed by atoms with Crippen molar-refractivity contribution in [3.63, 3.8) is 0 Å². The zero-order valence-corrected chi connectivity index (χ0v) is 10.9. The molecule has 5 nitrogen and oxygen atoms in total. The second kappa shape index (κ2) is 6.98. The highest BCUT2D eigenvalue weighted by molar-refractivity contribution is 5.99. The van der Waals surface area contributed by atoms with Crippen molar-refractivity contribution >= 4 is 11.6 Å². The molecule has 0 aromatic heterocycles. The van der Waals surface area contributed by atoms with E-state index in [4.69, 9.17) is 10.9 Å². The van der Waals surface area contributed by atoms with Crippen molar-refractivity contribution < 1.29 is 9.90 Å². The van der Waals surface area contributed by atoms with Crippen molar-refractivity contribution in [2.75, 3.05) is 25.1 Å². The number of aryl methyl sites for hydroxylation is 1. The zero-order valence-electron chi connectivity index (χ0n) is 10.9. The quantitative estimate of drug-likeness (QED) is 0.523. The summed E-state index contributed by atoms with van der Waals surface area (Å²) < 4.78 is 0. The molecule has 1 aromatic carbocycles. The molecular formula is C13H21N3O2. The second-order valence-corrected chi connectivity index (χ2v) is 4.21. The van der Waals surface area contributed by atoms with E-state index in [1.165, 1.54) is 0 Å². The van der Waals surface area contributed by atoms with Gasteiger partial charge in [-0.3, -0.25) is 10.6 Å². The first-order valence-corrected chi connectivity index (χ1v) is 6.11. The summed E-state index contributed by atoms with van der Waals surface area (Å²) in [4.78, 5) is 14.0. The average Bonchev–Trinajstić information content (AvgIpc) is 2.37. The fourth-order valence-corrected chi connectivity index (χ4v) is 1.84. The highest BCUT2D eigenvalue weighted by Gasteiger charge is 2.17. The highest BCUT2D eigenvalue weighted by atomic mass is 16.3. The summed E-state index contributed by atoms with van der Waals surface area (Å²) >= 11 is 0. The molecule has 0 heterocycles. The summed E-state index contributed by atoms with van der Waals surface area (Å²) in [6, 6.07) is 5.46.